The van der Waals surface area contributed by atoms with Crippen molar-refractivity contribution in [2.75, 3.05) is 0 Å². The van der Waals surface area contributed by atoms with E-state index in [2.05, 4.69) is 10.4 Å². The predicted molar refractivity (Wildman–Crippen MR) is 66.7 cm³/mol. The second-order valence-corrected chi connectivity index (χ2v) is 4.96. The zero-order valence-electron chi connectivity index (χ0n) is 10.6. The van der Waals surface area contributed by atoms with E-state index >= 15 is 0 Å². The van der Waals surface area contributed by atoms with Crippen LogP contribution < -0.4 is 5.32 Å². The molecule has 2 rings (SSSR count). The number of hydrogen-bond donors (Lipinski definition) is 1. The number of carbonyl (C=O) groups excluding carboxylic acids is 1. The first-order chi connectivity index (χ1) is 8.16. The van der Waals surface area contributed by atoms with Crippen molar-refractivity contribution < 1.29 is 4.79 Å². The molecule has 17 heavy (non-hydrogen) atoms. The summed E-state index contributed by atoms with van der Waals surface area (Å²) in [6.07, 6.45) is 7.88. The molecule has 1 unspecified atom stereocenters. The maximum atomic E-state index is 12.0. The molecule has 0 spiro atoms. The van der Waals surface area contributed by atoms with Gasteiger partial charge in [0, 0.05) is 12.2 Å². The molecule has 1 aliphatic carbocycles. The molecule has 0 aromatic carbocycles. The van der Waals surface area contributed by atoms with E-state index in [1.54, 1.807) is 4.68 Å². The summed E-state index contributed by atoms with van der Waals surface area (Å²) in [5, 5.41) is 7.41. The van der Waals surface area contributed by atoms with Gasteiger partial charge >= 0.3 is 0 Å². The van der Waals surface area contributed by atoms with Crippen LogP contribution in [0.5, 0.6) is 0 Å². The molecule has 1 saturated carbocycles. The Labute approximate surface area is 102 Å². The molecule has 1 fully saturated rings. The van der Waals surface area contributed by atoms with E-state index in [9.17, 15) is 4.79 Å². The zero-order chi connectivity index (χ0) is 12.3. The van der Waals surface area contributed by atoms with Crippen molar-refractivity contribution in [2.45, 2.75) is 58.0 Å². The third-order valence-electron chi connectivity index (χ3n) is 3.47. The molecule has 1 heterocycles. The summed E-state index contributed by atoms with van der Waals surface area (Å²) < 4.78 is 1.73. The fourth-order valence-corrected chi connectivity index (χ4v) is 2.34. The highest BCUT2D eigenvalue weighted by molar-refractivity contribution is 5.80. The van der Waals surface area contributed by atoms with Crippen LogP contribution in [0.1, 0.15) is 50.8 Å². The highest BCUT2D eigenvalue weighted by Crippen LogP contribution is 2.18. The average Bonchev–Trinajstić information content (AvgIpc) is 2.76. The number of nitrogens with one attached hydrogen (secondary N) is 1. The van der Waals surface area contributed by atoms with Gasteiger partial charge in [0.2, 0.25) is 5.91 Å². The summed E-state index contributed by atoms with van der Waals surface area (Å²) in [5.74, 6) is 0.0833. The summed E-state index contributed by atoms with van der Waals surface area (Å²) >= 11 is 0. The standard InChI is InChI=1S/C13H21N3O/c1-10-8-9-16(15-10)11(2)13(17)14-12-6-4-3-5-7-12/h8-9,11-12H,3-7H2,1-2H3,(H,14,17). The number of carbonyl (C=O) groups is 1. The summed E-state index contributed by atoms with van der Waals surface area (Å²) in [5.41, 5.74) is 0.947. The number of aryl methyl sites for hydroxylation is 1. The van der Waals surface area contributed by atoms with Gasteiger partial charge in [-0.05, 0) is 32.8 Å². The normalized spacial score (nSPS) is 18.9. The van der Waals surface area contributed by atoms with E-state index in [0.717, 1.165) is 18.5 Å². The summed E-state index contributed by atoms with van der Waals surface area (Å²) in [4.78, 5) is 12.0. The minimum atomic E-state index is -0.217. The number of amides is 1. The molecule has 0 radical (unpaired) electrons. The maximum absolute atomic E-state index is 12.0. The van der Waals surface area contributed by atoms with E-state index in [4.69, 9.17) is 0 Å². The summed E-state index contributed by atoms with van der Waals surface area (Å²) in [6.45, 7) is 3.83. The fraction of sp³-hybridized carbons (Fsp3) is 0.692. The van der Waals surface area contributed by atoms with Crippen LogP contribution in [0.25, 0.3) is 0 Å². The van der Waals surface area contributed by atoms with Crippen LogP contribution in [0.3, 0.4) is 0 Å². The van der Waals surface area contributed by atoms with Gasteiger partial charge in [-0.1, -0.05) is 19.3 Å². The minimum Gasteiger partial charge on any atom is -0.352 e. The Morgan fingerprint density at radius 1 is 1.47 bits per heavy atom. The van der Waals surface area contributed by atoms with Gasteiger partial charge in [-0.2, -0.15) is 5.10 Å². The summed E-state index contributed by atoms with van der Waals surface area (Å²) in [7, 11) is 0. The molecule has 0 saturated heterocycles. The van der Waals surface area contributed by atoms with E-state index < -0.39 is 0 Å². The van der Waals surface area contributed by atoms with Crippen LogP contribution in [0.2, 0.25) is 0 Å². The Kier molecular flexibility index (Phi) is 3.82. The largest absolute Gasteiger partial charge is 0.352 e. The topological polar surface area (TPSA) is 46.9 Å². The molecule has 1 aliphatic rings. The zero-order valence-corrected chi connectivity index (χ0v) is 10.6. The van der Waals surface area contributed by atoms with Crippen LogP contribution in [-0.4, -0.2) is 21.7 Å². The van der Waals surface area contributed by atoms with Gasteiger partial charge in [0.05, 0.1) is 5.69 Å². The van der Waals surface area contributed by atoms with Gasteiger partial charge in [0.15, 0.2) is 0 Å². The molecule has 94 valence electrons. The first-order valence-corrected chi connectivity index (χ1v) is 6.49. The third-order valence-corrected chi connectivity index (χ3v) is 3.47. The molecule has 0 aliphatic heterocycles. The number of aromatic nitrogens is 2. The molecular formula is C13H21N3O. The summed E-state index contributed by atoms with van der Waals surface area (Å²) in [6, 6.07) is 2.07. The van der Waals surface area contributed by atoms with Gasteiger partial charge in [-0.15, -0.1) is 0 Å². The monoisotopic (exact) mass is 235 g/mol. The lowest BCUT2D eigenvalue weighted by Gasteiger charge is -2.24. The molecule has 0 bridgehead atoms. The lowest BCUT2D eigenvalue weighted by Crippen LogP contribution is -2.40. The number of hydrogen-bond acceptors (Lipinski definition) is 2. The van der Waals surface area contributed by atoms with Gasteiger partial charge in [0.25, 0.3) is 0 Å². The fourth-order valence-electron chi connectivity index (χ4n) is 2.34. The van der Waals surface area contributed by atoms with Crippen LogP contribution >= 0.6 is 0 Å². The van der Waals surface area contributed by atoms with Crippen molar-refractivity contribution in [1.82, 2.24) is 15.1 Å². The van der Waals surface area contributed by atoms with Gasteiger partial charge < -0.3 is 5.32 Å². The molecular weight excluding hydrogens is 214 g/mol. The molecule has 1 aromatic heterocycles. The predicted octanol–water partition coefficient (Wildman–Crippen LogP) is 2.20. The minimum absolute atomic E-state index is 0.0833. The van der Waals surface area contributed by atoms with Gasteiger partial charge in [-0.25, -0.2) is 0 Å². The van der Waals surface area contributed by atoms with Crippen molar-refractivity contribution in [3.8, 4) is 0 Å². The molecule has 1 atom stereocenters. The second-order valence-electron chi connectivity index (χ2n) is 4.96. The van der Waals surface area contributed by atoms with Crippen molar-refractivity contribution >= 4 is 5.91 Å². The van der Waals surface area contributed by atoms with Crippen LogP contribution in [0.15, 0.2) is 12.3 Å². The highest BCUT2D eigenvalue weighted by Gasteiger charge is 2.20. The van der Waals surface area contributed by atoms with E-state index in [0.29, 0.717) is 6.04 Å². The Bertz CT molecular complexity index is 380. The Morgan fingerprint density at radius 3 is 2.76 bits per heavy atom. The molecule has 4 heteroatoms. The number of nitrogens with zero attached hydrogens (tertiary/aromatic N) is 2. The van der Waals surface area contributed by atoms with Crippen LogP contribution in [0, 0.1) is 6.92 Å². The third kappa shape index (κ3) is 3.08. The quantitative estimate of drug-likeness (QED) is 0.873. The second kappa shape index (κ2) is 5.34. The lowest BCUT2D eigenvalue weighted by molar-refractivity contribution is -0.125. The molecule has 1 aromatic rings. The first-order valence-electron chi connectivity index (χ1n) is 6.49. The van der Waals surface area contributed by atoms with Gasteiger partial charge in [-0.3, -0.25) is 9.48 Å². The number of rotatable bonds is 3. The highest BCUT2D eigenvalue weighted by atomic mass is 16.2. The van der Waals surface area contributed by atoms with Crippen LogP contribution in [0.4, 0.5) is 0 Å². The van der Waals surface area contributed by atoms with Crippen molar-refractivity contribution in [1.29, 1.82) is 0 Å². The van der Waals surface area contributed by atoms with Crippen LogP contribution in [-0.2, 0) is 4.79 Å². The van der Waals surface area contributed by atoms with Crippen molar-refractivity contribution in [3.05, 3.63) is 18.0 Å². The maximum Gasteiger partial charge on any atom is 0.244 e. The van der Waals surface area contributed by atoms with Crippen molar-refractivity contribution in [2.24, 2.45) is 0 Å². The smallest absolute Gasteiger partial charge is 0.244 e. The Balaban J connectivity index is 1.90. The van der Waals surface area contributed by atoms with E-state index in [-0.39, 0.29) is 11.9 Å². The van der Waals surface area contributed by atoms with E-state index in [1.807, 2.05) is 26.1 Å². The molecule has 1 N–H and O–H groups in total. The SMILES string of the molecule is Cc1ccn(C(C)C(=O)NC2CCCCC2)n1. The Morgan fingerprint density at radius 2 is 2.18 bits per heavy atom. The lowest BCUT2D eigenvalue weighted by atomic mass is 9.95. The van der Waals surface area contributed by atoms with E-state index in [1.165, 1.54) is 19.3 Å². The average molecular weight is 235 g/mol. The van der Waals surface area contributed by atoms with Gasteiger partial charge in [0.1, 0.15) is 6.04 Å². The first kappa shape index (κ1) is 12.1. The van der Waals surface area contributed by atoms with Crippen molar-refractivity contribution in [3.63, 3.8) is 0 Å². The molecule has 4 nitrogen and oxygen atoms in total. The molecule has 1 amide bonds. The Hall–Kier alpha value is -1.32.